The highest BCUT2D eigenvalue weighted by Crippen LogP contribution is 2.16. The fourth-order valence-corrected chi connectivity index (χ4v) is 2.17. The number of halogens is 1. The Kier molecular flexibility index (Phi) is 3.21. The molecule has 2 heterocycles. The molecule has 1 aromatic rings. The number of hydrogen-bond acceptors (Lipinski definition) is 2. The zero-order valence-electron chi connectivity index (χ0n) is 9.37. The third-order valence-electron chi connectivity index (χ3n) is 2.59. The number of nitrogens with one attached hydrogen (secondary N) is 1. The quantitative estimate of drug-likeness (QED) is 0.818. The first-order chi connectivity index (χ1) is 7.56. The Balaban J connectivity index is 2.09. The van der Waals surface area contributed by atoms with E-state index in [1.54, 1.807) is 17.2 Å². The minimum Gasteiger partial charge on any atom is -0.372 e. The van der Waals surface area contributed by atoms with Gasteiger partial charge in [-0.3, -0.25) is 4.79 Å². The molecule has 0 radical (unpaired) electrons. The molecule has 1 N–H and O–H groups in total. The number of H-pyrrole nitrogens is 1. The van der Waals surface area contributed by atoms with Gasteiger partial charge in [0.05, 0.1) is 17.2 Å². The average molecular weight is 243 g/mol. The number of ether oxygens (including phenoxy) is 1. The van der Waals surface area contributed by atoms with Crippen LogP contribution in [0.1, 0.15) is 24.3 Å². The summed E-state index contributed by atoms with van der Waals surface area (Å²) in [5, 5.41) is 0.553. The zero-order chi connectivity index (χ0) is 11.7. The fourth-order valence-electron chi connectivity index (χ4n) is 2.01. The van der Waals surface area contributed by atoms with Gasteiger partial charge in [-0.2, -0.15) is 0 Å². The maximum Gasteiger partial charge on any atom is 0.270 e. The van der Waals surface area contributed by atoms with Crippen molar-refractivity contribution in [1.29, 1.82) is 0 Å². The van der Waals surface area contributed by atoms with Crippen molar-refractivity contribution >= 4 is 17.5 Å². The van der Waals surface area contributed by atoms with Crippen LogP contribution in [0.4, 0.5) is 0 Å². The van der Waals surface area contributed by atoms with E-state index in [-0.39, 0.29) is 18.1 Å². The van der Waals surface area contributed by atoms with E-state index >= 15 is 0 Å². The normalized spacial score (nSPS) is 25.8. The van der Waals surface area contributed by atoms with Gasteiger partial charge in [-0.1, -0.05) is 11.6 Å². The van der Waals surface area contributed by atoms with Crippen molar-refractivity contribution in [3.63, 3.8) is 0 Å². The van der Waals surface area contributed by atoms with E-state index in [4.69, 9.17) is 16.3 Å². The Morgan fingerprint density at radius 2 is 2.12 bits per heavy atom. The van der Waals surface area contributed by atoms with Crippen LogP contribution in [0.5, 0.6) is 0 Å². The largest absolute Gasteiger partial charge is 0.372 e. The highest BCUT2D eigenvalue weighted by Gasteiger charge is 2.27. The molecule has 1 aliphatic heterocycles. The summed E-state index contributed by atoms with van der Waals surface area (Å²) in [6.07, 6.45) is 1.78. The molecule has 0 aliphatic carbocycles. The van der Waals surface area contributed by atoms with Gasteiger partial charge in [0, 0.05) is 19.3 Å². The van der Waals surface area contributed by atoms with E-state index in [2.05, 4.69) is 4.98 Å². The third kappa shape index (κ3) is 2.39. The van der Waals surface area contributed by atoms with Gasteiger partial charge in [0.15, 0.2) is 0 Å². The Labute approximate surface area is 99.5 Å². The SMILES string of the molecule is CC1CN(C(=O)c2cc(Cl)c[nH]2)CC(C)O1. The lowest BCUT2D eigenvalue weighted by Gasteiger charge is -2.35. The maximum absolute atomic E-state index is 12.1. The minimum absolute atomic E-state index is 0.0195. The first-order valence-electron chi connectivity index (χ1n) is 5.35. The van der Waals surface area contributed by atoms with Crippen molar-refractivity contribution in [3.05, 3.63) is 23.0 Å². The predicted octanol–water partition coefficient (Wildman–Crippen LogP) is 1.92. The molecule has 88 valence electrons. The van der Waals surface area contributed by atoms with Crippen molar-refractivity contribution in [2.75, 3.05) is 13.1 Å². The maximum atomic E-state index is 12.1. The van der Waals surface area contributed by atoms with Crippen LogP contribution in [0.2, 0.25) is 5.02 Å². The summed E-state index contributed by atoms with van der Waals surface area (Å²) in [5.41, 5.74) is 0.534. The van der Waals surface area contributed by atoms with Crippen LogP contribution in [0, 0.1) is 0 Å². The number of nitrogens with zero attached hydrogens (tertiary/aromatic N) is 1. The van der Waals surface area contributed by atoms with E-state index in [1.165, 1.54) is 0 Å². The fraction of sp³-hybridized carbons (Fsp3) is 0.545. The van der Waals surface area contributed by atoms with Crippen LogP contribution < -0.4 is 0 Å². The second-order valence-electron chi connectivity index (χ2n) is 4.20. The Morgan fingerprint density at radius 3 is 2.62 bits per heavy atom. The lowest BCUT2D eigenvalue weighted by Crippen LogP contribution is -2.48. The van der Waals surface area contributed by atoms with Crippen molar-refractivity contribution in [2.45, 2.75) is 26.1 Å². The minimum atomic E-state index is -0.0195. The molecule has 1 saturated heterocycles. The van der Waals surface area contributed by atoms with Gasteiger partial charge in [0.1, 0.15) is 5.69 Å². The molecule has 1 fully saturated rings. The van der Waals surface area contributed by atoms with Gasteiger partial charge < -0.3 is 14.6 Å². The van der Waals surface area contributed by atoms with Crippen molar-refractivity contribution in [1.82, 2.24) is 9.88 Å². The van der Waals surface area contributed by atoms with E-state index in [0.29, 0.717) is 23.8 Å². The average Bonchev–Trinajstić information content (AvgIpc) is 2.62. The van der Waals surface area contributed by atoms with Crippen LogP contribution in [0.3, 0.4) is 0 Å². The highest BCUT2D eigenvalue weighted by atomic mass is 35.5. The number of amides is 1. The first kappa shape index (κ1) is 11.5. The lowest BCUT2D eigenvalue weighted by molar-refractivity contribution is -0.0587. The number of hydrogen-bond donors (Lipinski definition) is 1. The molecule has 4 nitrogen and oxygen atoms in total. The number of carbonyl (C=O) groups excluding carboxylic acids is 1. The summed E-state index contributed by atoms with van der Waals surface area (Å²) < 4.78 is 5.58. The van der Waals surface area contributed by atoms with Gasteiger partial charge in [0.2, 0.25) is 0 Å². The molecule has 16 heavy (non-hydrogen) atoms. The van der Waals surface area contributed by atoms with Gasteiger partial charge in [-0.25, -0.2) is 0 Å². The van der Waals surface area contributed by atoms with Crippen LogP contribution in [0.15, 0.2) is 12.3 Å². The Bertz CT molecular complexity index is 381. The summed E-state index contributed by atoms with van der Waals surface area (Å²) in [6, 6.07) is 1.65. The number of aromatic amines is 1. The molecule has 2 rings (SSSR count). The van der Waals surface area contributed by atoms with Crippen molar-refractivity contribution < 1.29 is 9.53 Å². The second-order valence-corrected chi connectivity index (χ2v) is 4.64. The topological polar surface area (TPSA) is 45.3 Å². The van der Waals surface area contributed by atoms with E-state index in [9.17, 15) is 4.79 Å². The molecule has 1 amide bonds. The molecule has 2 atom stereocenters. The highest BCUT2D eigenvalue weighted by molar-refractivity contribution is 6.30. The second kappa shape index (κ2) is 4.47. The number of rotatable bonds is 1. The molecule has 1 aliphatic rings. The van der Waals surface area contributed by atoms with E-state index < -0.39 is 0 Å². The summed E-state index contributed by atoms with van der Waals surface area (Å²) >= 11 is 5.77. The van der Waals surface area contributed by atoms with Gasteiger partial charge in [-0.15, -0.1) is 0 Å². The number of aromatic nitrogens is 1. The Hall–Kier alpha value is -1.00. The molecule has 0 bridgehead atoms. The number of morpholine rings is 1. The first-order valence-corrected chi connectivity index (χ1v) is 5.72. The van der Waals surface area contributed by atoms with Gasteiger partial charge in [-0.05, 0) is 19.9 Å². The van der Waals surface area contributed by atoms with Gasteiger partial charge >= 0.3 is 0 Å². The summed E-state index contributed by atoms with van der Waals surface area (Å²) in [5.74, 6) is -0.0195. The lowest BCUT2D eigenvalue weighted by atomic mass is 10.2. The summed E-state index contributed by atoms with van der Waals surface area (Å²) in [4.78, 5) is 16.7. The molecular formula is C11H15ClN2O2. The van der Waals surface area contributed by atoms with Gasteiger partial charge in [0.25, 0.3) is 5.91 Å². The predicted molar refractivity (Wildman–Crippen MR) is 61.7 cm³/mol. The third-order valence-corrected chi connectivity index (χ3v) is 2.80. The zero-order valence-corrected chi connectivity index (χ0v) is 10.1. The molecular weight excluding hydrogens is 228 g/mol. The van der Waals surface area contributed by atoms with Crippen LogP contribution >= 0.6 is 11.6 Å². The number of carbonyl (C=O) groups is 1. The van der Waals surface area contributed by atoms with E-state index in [0.717, 1.165) is 0 Å². The van der Waals surface area contributed by atoms with Crippen molar-refractivity contribution in [3.8, 4) is 0 Å². The molecule has 2 unspecified atom stereocenters. The van der Waals surface area contributed by atoms with Crippen LogP contribution in [-0.4, -0.2) is 41.1 Å². The van der Waals surface area contributed by atoms with Crippen molar-refractivity contribution in [2.24, 2.45) is 0 Å². The summed E-state index contributed by atoms with van der Waals surface area (Å²) in [6.45, 7) is 5.19. The Morgan fingerprint density at radius 1 is 1.50 bits per heavy atom. The molecule has 5 heteroatoms. The monoisotopic (exact) mass is 242 g/mol. The van der Waals surface area contributed by atoms with Crippen LogP contribution in [-0.2, 0) is 4.74 Å². The van der Waals surface area contributed by atoms with Crippen LogP contribution in [0.25, 0.3) is 0 Å². The molecule has 0 saturated carbocycles. The molecule has 0 spiro atoms. The molecule has 0 aromatic carbocycles. The molecule has 1 aromatic heterocycles. The standard InChI is InChI=1S/C11H15ClN2O2/c1-7-5-14(6-8(2)16-7)11(15)10-3-9(12)4-13-10/h3-4,7-8,13H,5-6H2,1-2H3. The smallest absolute Gasteiger partial charge is 0.270 e. The summed E-state index contributed by atoms with van der Waals surface area (Å²) in [7, 11) is 0. The van der Waals surface area contributed by atoms with E-state index in [1.807, 2.05) is 13.8 Å².